The van der Waals surface area contributed by atoms with Gasteiger partial charge in [-0.05, 0) is 5.92 Å². The van der Waals surface area contributed by atoms with Crippen molar-refractivity contribution in [2.24, 2.45) is 0 Å². The molecule has 0 rings (SSSR count). The molecular weight excluding hydrogens is 146 g/mol. The van der Waals surface area contributed by atoms with Gasteiger partial charge in [0.1, 0.15) is 0 Å². The van der Waals surface area contributed by atoms with Crippen LogP contribution in [0.5, 0.6) is 0 Å². The largest absolute Gasteiger partial charge is 0.403 e. The Balaban J connectivity index is 3.52. The lowest BCUT2D eigenvalue weighted by Gasteiger charge is -1.95. The Labute approximate surface area is 64.2 Å². The number of rotatable bonds is 3. The van der Waals surface area contributed by atoms with E-state index in [0.29, 0.717) is 12.8 Å². The number of carbonyl (C=O) groups excluding carboxylic acids is 2. The SMILES string of the molecule is C=CCNOC(=O)C#CC=O. The molecule has 0 heterocycles. The van der Waals surface area contributed by atoms with Crippen LogP contribution in [0.2, 0.25) is 0 Å². The average molecular weight is 153 g/mol. The summed E-state index contributed by atoms with van der Waals surface area (Å²) in [5.74, 6) is 3.03. The van der Waals surface area contributed by atoms with Gasteiger partial charge < -0.3 is 4.84 Å². The lowest BCUT2D eigenvalue weighted by atomic mass is 10.6. The predicted octanol–water partition coefficient (Wildman–Crippen LogP) is -0.578. The number of aldehydes is 1. The van der Waals surface area contributed by atoms with E-state index in [0.717, 1.165) is 0 Å². The minimum atomic E-state index is -0.793. The zero-order valence-corrected chi connectivity index (χ0v) is 5.79. The minimum absolute atomic E-state index is 0.314. The van der Waals surface area contributed by atoms with Crippen molar-refractivity contribution in [3.05, 3.63) is 12.7 Å². The van der Waals surface area contributed by atoms with E-state index < -0.39 is 5.97 Å². The topological polar surface area (TPSA) is 55.4 Å². The van der Waals surface area contributed by atoms with Gasteiger partial charge in [-0.2, -0.15) is 0 Å². The van der Waals surface area contributed by atoms with Gasteiger partial charge >= 0.3 is 5.97 Å². The third kappa shape index (κ3) is 6.28. The van der Waals surface area contributed by atoms with Crippen LogP contribution in [0.1, 0.15) is 0 Å². The van der Waals surface area contributed by atoms with E-state index in [9.17, 15) is 9.59 Å². The normalized spacial score (nSPS) is 7.27. The van der Waals surface area contributed by atoms with Gasteiger partial charge in [-0.25, -0.2) is 4.79 Å². The van der Waals surface area contributed by atoms with Crippen LogP contribution >= 0.6 is 0 Å². The standard InChI is InChI=1S/C7H7NO3/c1-2-5-8-11-7(10)4-3-6-9/h2,6,8H,1,5H2. The maximum Gasteiger partial charge on any atom is 0.403 e. The molecule has 0 aliphatic carbocycles. The van der Waals surface area contributed by atoms with E-state index in [-0.39, 0.29) is 0 Å². The first-order chi connectivity index (χ1) is 5.31. The van der Waals surface area contributed by atoms with Gasteiger partial charge in [0.25, 0.3) is 0 Å². The Morgan fingerprint density at radius 2 is 2.45 bits per heavy atom. The summed E-state index contributed by atoms with van der Waals surface area (Å²) in [4.78, 5) is 24.3. The number of carbonyl (C=O) groups is 2. The summed E-state index contributed by atoms with van der Waals surface area (Å²) in [6, 6.07) is 0. The van der Waals surface area contributed by atoms with Crippen molar-refractivity contribution in [3.8, 4) is 11.8 Å². The van der Waals surface area contributed by atoms with Gasteiger partial charge in [-0.3, -0.25) is 4.79 Å². The molecule has 0 spiro atoms. The maximum absolute atomic E-state index is 10.4. The molecule has 1 N–H and O–H groups in total. The third-order valence-electron chi connectivity index (χ3n) is 0.626. The van der Waals surface area contributed by atoms with Crippen molar-refractivity contribution in [1.29, 1.82) is 0 Å². The van der Waals surface area contributed by atoms with Crippen LogP contribution in [-0.4, -0.2) is 18.8 Å². The second kappa shape index (κ2) is 6.52. The second-order valence-corrected chi connectivity index (χ2v) is 1.41. The Hall–Kier alpha value is -1.60. The molecule has 0 unspecified atom stereocenters. The summed E-state index contributed by atoms with van der Waals surface area (Å²) in [5.41, 5.74) is 2.26. The van der Waals surface area contributed by atoms with Crippen molar-refractivity contribution >= 4 is 12.3 Å². The Bertz CT molecular complexity index is 211. The predicted molar refractivity (Wildman–Crippen MR) is 38.1 cm³/mol. The summed E-state index contributed by atoms with van der Waals surface area (Å²) in [6.45, 7) is 3.72. The fraction of sp³-hybridized carbons (Fsp3) is 0.143. The summed E-state index contributed by atoms with van der Waals surface area (Å²) >= 11 is 0. The van der Waals surface area contributed by atoms with Crippen molar-refractivity contribution in [2.75, 3.05) is 6.54 Å². The summed E-state index contributed by atoms with van der Waals surface area (Å²) < 4.78 is 0. The zero-order valence-electron chi connectivity index (χ0n) is 5.79. The zero-order chi connectivity index (χ0) is 8.53. The number of hydrogen-bond donors (Lipinski definition) is 1. The Morgan fingerprint density at radius 3 is 3.00 bits per heavy atom. The first kappa shape index (κ1) is 9.40. The van der Waals surface area contributed by atoms with Gasteiger partial charge in [-0.15, -0.1) is 12.1 Å². The van der Waals surface area contributed by atoms with Gasteiger partial charge in [0, 0.05) is 12.5 Å². The van der Waals surface area contributed by atoms with E-state index in [2.05, 4.69) is 16.9 Å². The number of nitrogens with one attached hydrogen (secondary N) is 1. The molecule has 4 nitrogen and oxygen atoms in total. The molecule has 11 heavy (non-hydrogen) atoms. The highest BCUT2D eigenvalue weighted by Crippen LogP contribution is 1.68. The number of hydrogen-bond acceptors (Lipinski definition) is 4. The Kier molecular flexibility index (Phi) is 5.57. The van der Waals surface area contributed by atoms with Crippen LogP contribution in [0.3, 0.4) is 0 Å². The molecule has 0 aliphatic heterocycles. The monoisotopic (exact) mass is 153 g/mol. The first-order valence-electron chi connectivity index (χ1n) is 2.81. The second-order valence-electron chi connectivity index (χ2n) is 1.41. The summed E-state index contributed by atoms with van der Waals surface area (Å²) in [7, 11) is 0. The lowest BCUT2D eigenvalue weighted by Crippen LogP contribution is -2.18. The molecule has 0 fully saturated rings. The first-order valence-corrected chi connectivity index (χ1v) is 2.81. The smallest absolute Gasteiger partial charge is 0.360 e. The molecule has 0 bridgehead atoms. The van der Waals surface area contributed by atoms with Gasteiger partial charge in [0.05, 0.1) is 0 Å². The summed E-state index contributed by atoms with van der Waals surface area (Å²) in [6.07, 6.45) is 1.83. The highest BCUT2D eigenvalue weighted by molar-refractivity contribution is 5.93. The lowest BCUT2D eigenvalue weighted by molar-refractivity contribution is -0.143. The van der Waals surface area contributed by atoms with Crippen LogP contribution in [-0.2, 0) is 14.4 Å². The molecule has 0 radical (unpaired) electrons. The molecule has 4 heteroatoms. The molecule has 0 aromatic heterocycles. The van der Waals surface area contributed by atoms with E-state index in [1.165, 1.54) is 6.08 Å². The van der Waals surface area contributed by atoms with Crippen LogP contribution in [0.15, 0.2) is 12.7 Å². The van der Waals surface area contributed by atoms with E-state index in [1.54, 1.807) is 0 Å². The molecule has 0 amide bonds. The molecule has 0 aliphatic rings. The van der Waals surface area contributed by atoms with Crippen LogP contribution < -0.4 is 5.48 Å². The molecule has 58 valence electrons. The molecular formula is C7H7NO3. The maximum atomic E-state index is 10.4. The molecule has 0 saturated heterocycles. The van der Waals surface area contributed by atoms with E-state index >= 15 is 0 Å². The van der Waals surface area contributed by atoms with Gasteiger partial charge in [0.15, 0.2) is 6.29 Å². The fourth-order valence-electron chi connectivity index (χ4n) is 0.280. The van der Waals surface area contributed by atoms with Crippen LogP contribution in [0, 0.1) is 11.8 Å². The van der Waals surface area contributed by atoms with Crippen molar-refractivity contribution in [1.82, 2.24) is 5.48 Å². The van der Waals surface area contributed by atoms with Gasteiger partial charge in [0.2, 0.25) is 0 Å². The molecule has 0 aromatic rings. The highest BCUT2D eigenvalue weighted by atomic mass is 16.7. The van der Waals surface area contributed by atoms with Crippen molar-refractivity contribution in [2.45, 2.75) is 0 Å². The molecule has 0 aromatic carbocycles. The number of hydroxylamine groups is 1. The van der Waals surface area contributed by atoms with Crippen LogP contribution in [0.4, 0.5) is 0 Å². The van der Waals surface area contributed by atoms with Crippen molar-refractivity contribution in [3.63, 3.8) is 0 Å². The molecule has 0 saturated carbocycles. The minimum Gasteiger partial charge on any atom is -0.360 e. The van der Waals surface area contributed by atoms with E-state index in [1.807, 2.05) is 11.8 Å². The summed E-state index contributed by atoms with van der Waals surface area (Å²) in [5, 5.41) is 0. The fourth-order valence-corrected chi connectivity index (χ4v) is 0.280. The van der Waals surface area contributed by atoms with Gasteiger partial charge in [-0.1, -0.05) is 6.08 Å². The quantitative estimate of drug-likeness (QED) is 0.194. The molecule has 0 atom stereocenters. The average Bonchev–Trinajstić information content (AvgIpc) is 2.01. The third-order valence-corrected chi connectivity index (χ3v) is 0.626. The van der Waals surface area contributed by atoms with Crippen LogP contribution in [0.25, 0.3) is 0 Å². The van der Waals surface area contributed by atoms with Crippen molar-refractivity contribution < 1.29 is 14.4 Å². The van der Waals surface area contributed by atoms with E-state index in [4.69, 9.17) is 0 Å². The highest BCUT2D eigenvalue weighted by Gasteiger charge is 1.92. The Morgan fingerprint density at radius 1 is 1.73 bits per heavy atom.